The van der Waals surface area contributed by atoms with Crippen molar-refractivity contribution in [3.8, 4) is 0 Å². The molecule has 0 saturated carbocycles. The average Bonchev–Trinajstić information content (AvgIpc) is 2.11. The highest BCUT2D eigenvalue weighted by molar-refractivity contribution is 5.79. The molecule has 0 bridgehead atoms. The number of aliphatic carboxylic acids is 1. The van der Waals surface area contributed by atoms with Crippen LogP contribution in [0.2, 0.25) is 0 Å². The fourth-order valence-electron chi connectivity index (χ4n) is 1.37. The van der Waals surface area contributed by atoms with Gasteiger partial charge >= 0.3 is 18.2 Å². The second kappa shape index (κ2) is 5.88. The van der Waals surface area contributed by atoms with E-state index in [4.69, 9.17) is 5.11 Å². The first kappa shape index (κ1) is 18.5. The van der Waals surface area contributed by atoms with E-state index in [1.54, 1.807) is 0 Å². The molecule has 0 heterocycles. The number of halogens is 3. The third-order valence-electron chi connectivity index (χ3n) is 3.44. The van der Waals surface area contributed by atoms with E-state index in [-0.39, 0.29) is 0 Å². The quantitative estimate of drug-likeness (QED) is 0.729. The van der Waals surface area contributed by atoms with Crippen molar-refractivity contribution in [1.82, 2.24) is 10.6 Å². The molecule has 0 aliphatic carbocycles. The number of hydrogen-bond acceptors (Lipinski definition) is 2. The van der Waals surface area contributed by atoms with Crippen LogP contribution in [0, 0.1) is 5.41 Å². The molecule has 3 N–H and O–H groups in total. The summed E-state index contributed by atoms with van der Waals surface area (Å²) in [5.41, 5.74) is -2.42. The molecule has 118 valence electrons. The van der Waals surface area contributed by atoms with Crippen molar-refractivity contribution < 1.29 is 27.9 Å². The molecule has 0 aliphatic rings. The Morgan fingerprint density at radius 2 is 1.60 bits per heavy atom. The first-order valence-electron chi connectivity index (χ1n) is 6.08. The van der Waals surface area contributed by atoms with E-state index in [1.165, 1.54) is 34.6 Å². The summed E-state index contributed by atoms with van der Waals surface area (Å²) in [4.78, 5) is 22.8. The summed E-state index contributed by atoms with van der Waals surface area (Å²) in [5.74, 6) is -1.12. The number of carboxylic acids is 1. The van der Waals surface area contributed by atoms with Crippen LogP contribution in [0.5, 0.6) is 0 Å². The summed E-state index contributed by atoms with van der Waals surface area (Å²) in [6.07, 6.45) is -5.52. The predicted octanol–water partition coefficient (Wildman–Crippen LogP) is 2.52. The van der Waals surface area contributed by atoms with Crippen LogP contribution < -0.4 is 10.6 Å². The van der Waals surface area contributed by atoms with Gasteiger partial charge in [-0.1, -0.05) is 0 Å². The maximum Gasteiger partial charge on any atom is 0.391 e. The minimum atomic E-state index is -4.37. The van der Waals surface area contributed by atoms with E-state index >= 15 is 0 Å². The molecule has 0 aliphatic heterocycles. The SMILES string of the molecule is CC(CC(F)(F)F)NC(=O)NC(C)(C)C(C)(C)C(=O)O. The Bertz CT molecular complexity index is 379. The Morgan fingerprint density at radius 3 is 1.95 bits per heavy atom. The van der Waals surface area contributed by atoms with Gasteiger partial charge in [-0.2, -0.15) is 13.2 Å². The third kappa shape index (κ3) is 5.26. The zero-order chi connectivity index (χ0) is 16.4. The van der Waals surface area contributed by atoms with E-state index in [0.717, 1.165) is 0 Å². The number of amides is 2. The van der Waals surface area contributed by atoms with Crippen LogP contribution in [-0.2, 0) is 4.79 Å². The molecule has 0 saturated heterocycles. The average molecular weight is 298 g/mol. The maximum absolute atomic E-state index is 12.1. The van der Waals surface area contributed by atoms with E-state index < -0.39 is 41.6 Å². The standard InChI is InChI=1S/C12H21F3N2O3/c1-7(6-12(13,14)15)16-9(20)17-11(4,5)10(2,3)8(18)19/h7H,6H2,1-5H3,(H,18,19)(H2,16,17,20). The predicted molar refractivity (Wildman–Crippen MR) is 67.3 cm³/mol. The number of nitrogens with one attached hydrogen (secondary N) is 2. The number of rotatable bonds is 5. The largest absolute Gasteiger partial charge is 0.481 e. The minimum Gasteiger partial charge on any atom is -0.481 e. The van der Waals surface area contributed by atoms with E-state index in [0.29, 0.717) is 0 Å². The van der Waals surface area contributed by atoms with Crippen LogP contribution in [0.25, 0.3) is 0 Å². The van der Waals surface area contributed by atoms with Gasteiger partial charge in [0.1, 0.15) is 0 Å². The van der Waals surface area contributed by atoms with Crippen molar-refractivity contribution in [3.05, 3.63) is 0 Å². The van der Waals surface area contributed by atoms with Crippen molar-refractivity contribution in [2.24, 2.45) is 5.41 Å². The first-order chi connectivity index (χ1) is 8.69. The molecule has 1 unspecified atom stereocenters. The lowest BCUT2D eigenvalue weighted by Crippen LogP contribution is -2.59. The Balaban J connectivity index is 4.65. The zero-order valence-corrected chi connectivity index (χ0v) is 12.2. The fraction of sp³-hybridized carbons (Fsp3) is 0.833. The topological polar surface area (TPSA) is 78.4 Å². The molecule has 20 heavy (non-hydrogen) atoms. The highest BCUT2D eigenvalue weighted by Crippen LogP contribution is 2.30. The number of carboxylic acid groups (broad SMARTS) is 1. The third-order valence-corrected chi connectivity index (χ3v) is 3.44. The monoisotopic (exact) mass is 298 g/mol. The summed E-state index contributed by atoms with van der Waals surface area (Å²) in [6.45, 7) is 7.07. The van der Waals surface area contributed by atoms with Crippen LogP contribution in [0.3, 0.4) is 0 Å². The molecule has 1 atom stereocenters. The van der Waals surface area contributed by atoms with Gasteiger partial charge in [-0.15, -0.1) is 0 Å². The molecular formula is C12H21F3N2O3. The van der Waals surface area contributed by atoms with Crippen molar-refractivity contribution >= 4 is 12.0 Å². The second-order valence-corrected chi connectivity index (χ2v) is 5.87. The smallest absolute Gasteiger partial charge is 0.391 e. The highest BCUT2D eigenvalue weighted by Gasteiger charge is 2.44. The van der Waals surface area contributed by atoms with Gasteiger partial charge in [0, 0.05) is 6.04 Å². The molecule has 8 heteroatoms. The molecule has 0 rings (SSSR count). The fourth-order valence-corrected chi connectivity index (χ4v) is 1.37. The minimum absolute atomic E-state index is 0.832. The summed E-state index contributed by atoms with van der Waals surface area (Å²) in [6, 6.07) is -1.93. The van der Waals surface area contributed by atoms with Gasteiger partial charge < -0.3 is 15.7 Å². The van der Waals surface area contributed by atoms with Crippen LogP contribution in [0.15, 0.2) is 0 Å². The molecule has 0 spiro atoms. The van der Waals surface area contributed by atoms with Gasteiger partial charge in [0.05, 0.1) is 17.4 Å². The van der Waals surface area contributed by atoms with Crippen LogP contribution >= 0.6 is 0 Å². The number of urea groups is 1. The van der Waals surface area contributed by atoms with Gasteiger partial charge in [0.15, 0.2) is 0 Å². The van der Waals surface area contributed by atoms with Gasteiger partial charge in [-0.25, -0.2) is 4.79 Å². The van der Waals surface area contributed by atoms with Gasteiger partial charge in [-0.3, -0.25) is 4.79 Å². The van der Waals surface area contributed by atoms with Crippen molar-refractivity contribution in [1.29, 1.82) is 0 Å². The maximum atomic E-state index is 12.1. The lowest BCUT2D eigenvalue weighted by Gasteiger charge is -2.39. The Labute approximate surface area is 115 Å². The summed E-state index contributed by atoms with van der Waals surface area (Å²) < 4.78 is 36.4. The number of carbonyl (C=O) groups is 2. The number of hydrogen-bond donors (Lipinski definition) is 3. The van der Waals surface area contributed by atoms with Gasteiger partial charge in [-0.05, 0) is 34.6 Å². The number of alkyl halides is 3. The van der Waals surface area contributed by atoms with E-state index in [1.807, 2.05) is 0 Å². The molecule has 5 nitrogen and oxygen atoms in total. The van der Waals surface area contributed by atoms with E-state index in [9.17, 15) is 22.8 Å². The van der Waals surface area contributed by atoms with Crippen LogP contribution in [0.1, 0.15) is 41.0 Å². The zero-order valence-electron chi connectivity index (χ0n) is 12.2. The normalized spacial score (nSPS) is 14.6. The molecule has 0 fully saturated rings. The second-order valence-electron chi connectivity index (χ2n) is 5.87. The molecule has 0 aromatic carbocycles. The Hall–Kier alpha value is -1.47. The van der Waals surface area contributed by atoms with Crippen molar-refractivity contribution in [3.63, 3.8) is 0 Å². The Kier molecular flexibility index (Phi) is 5.45. The molecule has 2 amide bonds. The Morgan fingerprint density at radius 1 is 1.15 bits per heavy atom. The summed E-state index contributed by atoms with van der Waals surface area (Å²) in [5, 5.41) is 13.6. The van der Waals surface area contributed by atoms with Crippen molar-refractivity contribution in [2.75, 3.05) is 0 Å². The molecule has 0 radical (unpaired) electrons. The van der Waals surface area contributed by atoms with Gasteiger partial charge in [0.2, 0.25) is 0 Å². The first-order valence-corrected chi connectivity index (χ1v) is 6.08. The van der Waals surface area contributed by atoms with Crippen LogP contribution in [-0.4, -0.2) is 34.9 Å². The highest BCUT2D eigenvalue weighted by atomic mass is 19.4. The lowest BCUT2D eigenvalue weighted by atomic mass is 9.74. The van der Waals surface area contributed by atoms with Crippen molar-refractivity contribution in [2.45, 2.75) is 58.8 Å². The number of carbonyl (C=O) groups excluding carboxylic acids is 1. The van der Waals surface area contributed by atoms with Crippen LogP contribution in [0.4, 0.5) is 18.0 Å². The molecule has 0 aromatic heterocycles. The summed E-state index contributed by atoms with van der Waals surface area (Å²) >= 11 is 0. The molecular weight excluding hydrogens is 277 g/mol. The molecule has 0 aromatic rings. The lowest BCUT2D eigenvalue weighted by molar-refractivity contribution is -0.150. The van der Waals surface area contributed by atoms with Gasteiger partial charge in [0.25, 0.3) is 0 Å². The summed E-state index contributed by atoms with van der Waals surface area (Å²) in [7, 11) is 0. The van der Waals surface area contributed by atoms with E-state index in [2.05, 4.69) is 10.6 Å².